The fourth-order valence-electron chi connectivity index (χ4n) is 1.92. The van der Waals surface area contributed by atoms with Gasteiger partial charge in [-0.1, -0.05) is 0 Å². The quantitative estimate of drug-likeness (QED) is 0.591. The second-order valence-electron chi connectivity index (χ2n) is 5.54. The minimum absolute atomic E-state index is 0.0697. The van der Waals surface area contributed by atoms with Crippen molar-refractivity contribution in [2.75, 3.05) is 19.6 Å². The van der Waals surface area contributed by atoms with Crippen molar-refractivity contribution in [1.29, 1.82) is 0 Å². The molecule has 0 atom stereocenters. The molecule has 112 valence electrons. The van der Waals surface area contributed by atoms with Gasteiger partial charge in [0.15, 0.2) is 0 Å². The van der Waals surface area contributed by atoms with Crippen LogP contribution in [0.15, 0.2) is 0 Å². The number of aliphatic carboxylic acids is 1. The standard InChI is InChI=1S/C13H21N3O4/c17-11(15-10-3-4-10)5-6-14-13(20)16(8-12(18)19)7-9-1-2-9/h9-10H,1-8H2,(H,14,20)(H,15,17)(H,18,19). The Bertz CT molecular complexity index is 391. The van der Waals surface area contributed by atoms with Crippen LogP contribution in [0.3, 0.4) is 0 Å². The Morgan fingerprint density at radius 3 is 2.40 bits per heavy atom. The van der Waals surface area contributed by atoms with E-state index in [1.54, 1.807) is 0 Å². The zero-order valence-electron chi connectivity index (χ0n) is 11.4. The fourth-order valence-corrected chi connectivity index (χ4v) is 1.92. The van der Waals surface area contributed by atoms with Crippen LogP contribution in [-0.4, -0.2) is 53.6 Å². The summed E-state index contributed by atoms with van der Waals surface area (Å²) in [6.45, 7) is 0.418. The Hall–Kier alpha value is -1.79. The molecule has 0 aromatic heterocycles. The molecule has 0 heterocycles. The van der Waals surface area contributed by atoms with Gasteiger partial charge in [-0.15, -0.1) is 0 Å². The highest BCUT2D eigenvalue weighted by Crippen LogP contribution is 2.29. The lowest BCUT2D eigenvalue weighted by molar-refractivity contribution is -0.137. The van der Waals surface area contributed by atoms with Crippen molar-refractivity contribution >= 4 is 17.9 Å². The summed E-state index contributed by atoms with van der Waals surface area (Å²) in [7, 11) is 0. The third-order valence-electron chi connectivity index (χ3n) is 3.36. The molecule has 0 bridgehead atoms. The highest BCUT2D eigenvalue weighted by Gasteiger charge is 2.28. The molecule has 0 radical (unpaired) electrons. The van der Waals surface area contributed by atoms with Gasteiger partial charge >= 0.3 is 12.0 Å². The fraction of sp³-hybridized carbons (Fsp3) is 0.769. The number of carboxylic acid groups (broad SMARTS) is 1. The Balaban J connectivity index is 1.66. The van der Waals surface area contributed by atoms with E-state index in [4.69, 9.17) is 5.11 Å². The molecule has 3 amide bonds. The minimum Gasteiger partial charge on any atom is -0.480 e. The first kappa shape index (κ1) is 14.6. The van der Waals surface area contributed by atoms with Gasteiger partial charge in [-0.05, 0) is 31.6 Å². The van der Waals surface area contributed by atoms with Gasteiger partial charge in [-0.3, -0.25) is 9.59 Å². The SMILES string of the molecule is O=C(O)CN(CC1CC1)C(=O)NCCC(=O)NC1CC1. The van der Waals surface area contributed by atoms with Gasteiger partial charge in [0.1, 0.15) is 6.54 Å². The van der Waals surface area contributed by atoms with Crippen molar-refractivity contribution in [2.24, 2.45) is 5.92 Å². The summed E-state index contributed by atoms with van der Waals surface area (Å²) >= 11 is 0. The average Bonchev–Trinajstić information content (AvgIpc) is 3.22. The number of carboxylic acids is 1. The number of urea groups is 1. The second kappa shape index (κ2) is 6.58. The molecule has 2 rings (SSSR count). The minimum atomic E-state index is -1.02. The maximum atomic E-state index is 11.9. The number of rotatable bonds is 8. The largest absolute Gasteiger partial charge is 0.480 e. The monoisotopic (exact) mass is 283 g/mol. The number of hydrogen-bond donors (Lipinski definition) is 3. The Morgan fingerprint density at radius 1 is 1.15 bits per heavy atom. The van der Waals surface area contributed by atoms with E-state index in [1.165, 1.54) is 4.90 Å². The summed E-state index contributed by atoms with van der Waals surface area (Å²) in [5.41, 5.74) is 0. The van der Waals surface area contributed by atoms with Gasteiger partial charge in [-0.2, -0.15) is 0 Å². The van der Waals surface area contributed by atoms with Crippen molar-refractivity contribution in [2.45, 2.75) is 38.1 Å². The van der Waals surface area contributed by atoms with Gasteiger partial charge in [0.2, 0.25) is 5.91 Å². The molecular weight excluding hydrogens is 262 g/mol. The zero-order chi connectivity index (χ0) is 14.5. The predicted molar refractivity (Wildman–Crippen MR) is 71.1 cm³/mol. The van der Waals surface area contributed by atoms with Crippen LogP contribution in [0.25, 0.3) is 0 Å². The molecule has 2 saturated carbocycles. The van der Waals surface area contributed by atoms with Crippen LogP contribution in [0.4, 0.5) is 4.79 Å². The van der Waals surface area contributed by atoms with E-state index < -0.39 is 12.0 Å². The first-order chi connectivity index (χ1) is 9.54. The molecular formula is C13H21N3O4. The maximum Gasteiger partial charge on any atom is 0.323 e. The number of nitrogens with one attached hydrogen (secondary N) is 2. The molecule has 2 aliphatic rings. The number of carbonyl (C=O) groups is 3. The predicted octanol–water partition coefficient (Wildman–Crippen LogP) is 0.161. The molecule has 0 spiro atoms. The summed E-state index contributed by atoms with van der Waals surface area (Å²) in [5, 5.41) is 14.2. The normalized spacial score (nSPS) is 17.4. The van der Waals surface area contributed by atoms with E-state index in [0.29, 0.717) is 18.5 Å². The molecule has 0 aromatic carbocycles. The van der Waals surface area contributed by atoms with Crippen molar-refractivity contribution in [3.63, 3.8) is 0 Å². The topological polar surface area (TPSA) is 98.7 Å². The maximum absolute atomic E-state index is 11.9. The van der Waals surface area contributed by atoms with Crippen LogP contribution in [0, 0.1) is 5.92 Å². The lowest BCUT2D eigenvalue weighted by Crippen LogP contribution is -2.44. The van der Waals surface area contributed by atoms with E-state index in [1.807, 2.05) is 0 Å². The van der Waals surface area contributed by atoms with Gasteiger partial charge in [-0.25, -0.2) is 4.79 Å². The summed E-state index contributed by atoms with van der Waals surface area (Å²) in [6, 6.07) is -0.0879. The number of amides is 3. The van der Waals surface area contributed by atoms with Gasteiger partial charge in [0.25, 0.3) is 0 Å². The average molecular weight is 283 g/mol. The molecule has 0 aliphatic heterocycles. The molecule has 20 heavy (non-hydrogen) atoms. The molecule has 7 heteroatoms. The molecule has 2 fully saturated rings. The summed E-state index contributed by atoms with van der Waals surface area (Å²) in [6.07, 6.45) is 4.39. The molecule has 0 aromatic rings. The lowest BCUT2D eigenvalue weighted by atomic mass is 10.3. The van der Waals surface area contributed by atoms with Crippen LogP contribution in [0.5, 0.6) is 0 Å². The van der Waals surface area contributed by atoms with Gasteiger partial charge in [0.05, 0.1) is 0 Å². The smallest absolute Gasteiger partial charge is 0.323 e. The number of hydrogen-bond acceptors (Lipinski definition) is 3. The first-order valence-corrected chi connectivity index (χ1v) is 7.08. The first-order valence-electron chi connectivity index (χ1n) is 7.08. The molecule has 7 nitrogen and oxygen atoms in total. The van der Waals surface area contributed by atoms with Crippen molar-refractivity contribution in [3.8, 4) is 0 Å². The van der Waals surface area contributed by atoms with E-state index in [-0.39, 0.29) is 25.4 Å². The molecule has 3 N–H and O–H groups in total. The highest BCUT2D eigenvalue weighted by molar-refractivity contribution is 5.81. The van der Waals surface area contributed by atoms with Crippen molar-refractivity contribution < 1.29 is 19.5 Å². The number of carbonyl (C=O) groups excluding carboxylic acids is 2. The Kier molecular flexibility index (Phi) is 4.81. The van der Waals surface area contributed by atoms with E-state index in [2.05, 4.69) is 10.6 Å². The summed E-state index contributed by atoms with van der Waals surface area (Å²) < 4.78 is 0. The molecule has 2 aliphatic carbocycles. The lowest BCUT2D eigenvalue weighted by Gasteiger charge is -2.20. The highest BCUT2D eigenvalue weighted by atomic mass is 16.4. The van der Waals surface area contributed by atoms with Crippen LogP contribution >= 0.6 is 0 Å². The molecule has 0 unspecified atom stereocenters. The third kappa shape index (κ3) is 5.46. The van der Waals surface area contributed by atoms with Gasteiger partial charge in [0, 0.05) is 25.6 Å². The second-order valence-corrected chi connectivity index (χ2v) is 5.54. The van der Waals surface area contributed by atoms with Crippen LogP contribution in [0.1, 0.15) is 32.1 Å². The van der Waals surface area contributed by atoms with E-state index in [0.717, 1.165) is 25.7 Å². The zero-order valence-corrected chi connectivity index (χ0v) is 11.4. The van der Waals surface area contributed by atoms with Gasteiger partial charge < -0.3 is 20.6 Å². The summed E-state index contributed by atoms with van der Waals surface area (Å²) in [4.78, 5) is 35.4. The van der Waals surface area contributed by atoms with Crippen molar-refractivity contribution in [3.05, 3.63) is 0 Å². The molecule has 0 saturated heterocycles. The van der Waals surface area contributed by atoms with Crippen LogP contribution in [-0.2, 0) is 9.59 Å². The Morgan fingerprint density at radius 2 is 1.85 bits per heavy atom. The Labute approximate surface area is 117 Å². The van der Waals surface area contributed by atoms with E-state index >= 15 is 0 Å². The van der Waals surface area contributed by atoms with Crippen molar-refractivity contribution in [1.82, 2.24) is 15.5 Å². The van der Waals surface area contributed by atoms with E-state index in [9.17, 15) is 14.4 Å². The summed E-state index contributed by atoms with van der Waals surface area (Å²) in [5.74, 6) is -0.662. The third-order valence-corrected chi connectivity index (χ3v) is 3.36. The van der Waals surface area contributed by atoms with Crippen LogP contribution < -0.4 is 10.6 Å². The van der Waals surface area contributed by atoms with Crippen LogP contribution in [0.2, 0.25) is 0 Å². The number of nitrogens with zero attached hydrogens (tertiary/aromatic N) is 1.